The Morgan fingerprint density at radius 3 is 2.44 bits per heavy atom. The second kappa shape index (κ2) is 9.89. The van der Waals surface area contributed by atoms with Crippen LogP contribution in [0, 0.1) is 0 Å². The molecule has 0 saturated carbocycles. The number of nitrogens with one attached hydrogen (secondary N) is 1. The number of hydrogen-bond acceptors (Lipinski definition) is 4. The average Bonchev–Trinajstić information content (AvgIpc) is 2.60. The van der Waals surface area contributed by atoms with Crippen molar-refractivity contribution in [3.05, 3.63) is 64.1 Å². The van der Waals surface area contributed by atoms with Gasteiger partial charge >= 0.3 is 12.6 Å². The molecule has 0 atom stereocenters. The van der Waals surface area contributed by atoms with Crippen molar-refractivity contribution in [1.29, 1.82) is 0 Å². The van der Waals surface area contributed by atoms with Gasteiger partial charge in [0.15, 0.2) is 6.61 Å². The molecule has 2 rings (SSSR count). The van der Waals surface area contributed by atoms with Gasteiger partial charge in [-0.25, -0.2) is 4.79 Å². The Bertz CT molecular complexity index is 842. The molecule has 0 aliphatic heterocycles. The molecule has 142 valence electrons. The van der Waals surface area contributed by atoms with E-state index in [1.54, 1.807) is 12.1 Å². The van der Waals surface area contributed by atoms with Crippen LogP contribution in [0.2, 0.25) is 10.0 Å². The summed E-state index contributed by atoms with van der Waals surface area (Å²) in [6.07, 6.45) is 2.56. The van der Waals surface area contributed by atoms with Gasteiger partial charge in [0.2, 0.25) is 0 Å². The predicted octanol–water partition coefficient (Wildman–Crippen LogP) is 4.79. The van der Waals surface area contributed by atoms with Crippen molar-refractivity contribution < 1.29 is 27.8 Å². The van der Waals surface area contributed by atoms with Crippen LogP contribution in [0.3, 0.4) is 0 Å². The molecule has 5 nitrogen and oxygen atoms in total. The first-order valence-corrected chi connectivity index (χ1v) is 8.23. The van der Waals surface area contributed by atoms with Gasteiger partial charge in [-0.2, -0.15) is 8.78 Å². The first kappa shape index (κ1) is 20.7. The lowest BCUT2D eigenvalue weighted by Crippen LogP contribution is -2.20. The molecule has 0 heterocycles. The van der Waals surface area contributed by atoms with Crippen LogP contribution in [0.25, 0.3) is 6.08 Å². The van der Waals surface area contributed by atoms with Crippen molar-refractivity contribution in [1.82, 2.24) is 0 Å². The maximum absolute atomic E-state index is 12.1. The number of carbonyl (C=O) groups excluding carboxylic acids is 2. The van der Waals surface area contributed by atoms with E-state index in [0.29, 0.717) is 21.3 Å². The molecule has 0 saturated heterocycles. The second-order valence-electron chi connectivity index (χ2n) is 5.06. The number of rotatable bonds is 7. The summed E-state index contributed by atoms with van der Waals surface area (Å²) in [4.78, 5) is 23.4. The van der Waals surface area contributed by atoms with Crippen LogP contribution in [-0.4, -0.2) is 25.1 Å². The highest BCUT2D eigenvalue weighted by Crippen LogP contribution is 2.22. The maximum atomic E-state index is 12.1. The molecule has 0 fully saturated rings. The molecule has 0 radical (unpaired) electrons. The molecule has 0 aliphatic carbocycles. The summed E-state index contributed by atoms with van der Waals surface area (Å²) in [5.74, 6) is -1.37. The molecule has 1 amide bonds. The highest BCUT2D eigenvalue weighted by atomic mass is 35.5. The second-order valence-corrected chi connectivity index (χ2v) is 5.90. The van der Waals surface area contributed by atoms with Crippen LogP contribution in [0.5, 0.6) is 5.75 Å². The summed E-state index contributed by atoms with van der Waals surface area (Å²) in [5, 5.41) is 3.28. The summed E-state index contributed by atoms with van der Waals surface area (Å²) in [5.41, 5.74) is 0.898. The number of carbonyl (C=O) groups is 2. The van der Waals surface area contributed by atoms with Gasteiger partial charge in [0.05, 0.1) is 0 Å². The lowest BCUT2D eigenvalue weighted by molar-refractivity contribution is -0.142. The van der Waals surface area contributed by atoms with E-state index < -0.39 is 25.1 Å². The Hall–Kier alpha value is -2.64. The quantitative estimate of drug-likeness (QED) is 0.521. The molecular formula is C18H13Cl2F2NO4. The molecule has 9 heteroatoms. The lowest BCUT2D eigenvalue weighted by atomic mass is 10.2. The van der Waals surface area contributed by atoms with Crippen molar-refractivity contribution in [3.63, 3.8) is 0 Å². The lowest BCUT2D eigenvalue weighted by Gasteiger charge is -2.07. The number of benzene rings is 2. The fourth-order valence-corrected chi connectivity index (χ4v) is 2.37. The van der Waals surface area contributed by atoms with Crippen LogP contribution in [0.15, 0.2) is 48.5 Å². The molecule has 0 aliphatic rings. The molecule has 2 aromatic carbocycles. The minimum absolute atomic E-state index is 0.0413. The Morgan fingerprint density at radius 2 is 1.81 bits per heavy atom. The zero-order valence-corrected chi connectivity index (χ0v) is 15.1. The number of hydrogen-bond donors (Lipinski definition) is 1. The fourth-order valence-electron chi connectivity index (χ4n) is 1.90. The summed E-state index contributed by atoms with van der Waals surface area (Å²) in [7, 11) is 0. The first-order chi connectivity index (χ1) is 12.8. The van der Waals surface area contributed by atoms with E-state index >= 15 is 0 Å². The number of alkyl halides is 2. The van der Waals surface area contributed by atoms with E-state index in [1.165, 1.54) is 36.4 Å². The normalized spacial score (nSPS) is 10.9. The monoisotopic (exact) mass is 415 g/mol. The summed E-state index contributed by atoms with van der Waals surface area (Å²) in [6, 6.07) is 10.1. The van der Waals surface area contributed by atoms with E-state index in [4.69, 9.17) is 27.9 Å². The summed E-state index contributed by atoms with van der Waals surface area (Å²) < 4.78 is 33.1. The number of anilines is 1. The average molecular weight is 416 g/mol. The van der Waals surface area contributed by atoms with E-state index in [9.17, 15) is 18.4 Å². The largest absolute Gasteiger partial charge is 0.452 e. The maximum Gasteiger partial charge on any atom is 0.387 e. The van der Waals surface area contributed by atoms with E-state index in [2.05, 4.69) is 10.1 Å². The third kappa shape index (κ3) is 7.24. The van der Waals surface area contributed by atoms with Gasteiger partial charge in [-0.3, -0.25) is 4.79 Å². The zero-order valence-electron chi connectivity index (χ0n) is 13.6. The molecule has 0 unspecified atom stereocenters. The number of halogens is 4. The van der Waals surface area contributed by atoms with Crippen LogP contribution in [0.1, 0.15) is 5.56 Å². The third-order valence-corrected chi connectivity index (χ3v) is 3.63. The molecule has 2 aromatic rings. The van der Waals surface area contributed by atoms with Crippen LogP contribution >= 0.6 is 23.2 Å². The first-order valence-electron chi connectivity index (χ1n) is 7.48. The van der Waals surface area contributed by atoms with Gasteiger partial charge in [-0.15, -0.1) is 0 Å². The molecule has 0 spiro atoms. The Balaban J connectivity index is 1.80. The van der Waals surface area contributed by atoms with Crippen molar-refractivity contribution in [2.45, 2.75) is 6.61 Å². The third-order valence-electron chi connectivity index (χ3n) is 3.07. The predicted molar refractivity (Wildman–Crippen MR) is 98.2 cm³/mol. The molecule has 0 bridgehead atoms. The van der Waals surface area contributed by atoms with Crippen LogP contribution < -0.4 is 10.1 Å². The van der Waals surface area contributed by atoms with E-state index in [-0.39, 0.29) is 5.75 Å². The summed E-state index contributed by atoms with van der Waals surface area (Å²) >= 11 is 11.7. The van der Waals surface area contributed by atoms with Crippen LogP contribution in [-0.2, 0) is 14.3 Å². The van der Waals surface area contributed by atoms with Crippen molar-refractivity contribution in [2.24, 2.45) is 0 Å². The minimum atomic E-state index is -2.93. The van der Waals surface area contributed by atoms with Gasteiger partial charge in [0.1, 0.15) is 5.75 Å². The molecular weight excluding hydrogens is 403 g/mol. The molecule has 0 aromatic heterocycles. The Morgan fingerprint density at radius 1 is 1.11 bits per heavy atom. The highest BCUT2D eigenvalue weighted by Gasteiger charge is 2.08. The van der Waals surface area contributed by atoms with Gasteiger partial charge in [0.25, 0.3) is 5.91 Å². The van der Waals surface area contributed by atoms with Gasteiger partial charge in [-0.05, 0) is 48.0 Å². The highest BCUT2D eigenvalue weighted by molar-refractivity contribution is 6.35. The minimum Gasteiger partial charge on any atom is -0.452 e. The number of amides is 1. The van der Waals surface area contributed by atoms with Gasteiger partial charge < -0.3 is 14.8 Å². The summed E-state index contributed by atoms with van der Waals surface area (Å²) in [6.45, 7) is -3.45. The van der Waals surface area contributed by atoms with E-state index in [1.807, 2.05) is 0 Å². The molecule has 27 heavy (non-hydrogen) atoms. The Labute approximate surface area is 163 Å². The standard InChI is InChI=1S/C18H13Cl2F2NO4/c19-12-3-1-11(15(20)9-12)2-8-17(25)26-10-16(24)23-13-4-6-14(7-5-13)27-18(21)22/h1-9,18H,10H2,(H,23,24)/b8-2+. The smallest absolute Gasteiger partial charge is 0.387 e. The number of esters is 1. The SMILES string of the molecule is O=C(COC(=O)/C=C/c1ccc(Cl)cc1Cl)Nc1ccc(OC(F)F)cc1. The van der Waals surface area contributed by atoms with Crippen LogP contribution in [0.4, 0.5) is 14.5 Å². The fraction of sp³-hybridized carbons (Fsp3) is 0.111. The zero-order chi connectivity index (χ0) is 19.8. The van der Waals surface area contributed by atoms with Gasteiger partial charge in [-0.1, -0.05) is 29.3 Å². The van der Waals surface area contributed by atoms with Crippen molar-refractivity contribution >= 4 is 46.8 Å². The van der Waals surface area contributed by atoms with Gasteiger partial charge in [0, 0.05) is 21.8 Å². The van der Waals surface area contributed by atoms with Crippen molar-refractivity contribution in [3.8, 4) is 5.75 Å². The number of ether oxygens (including phenoxy) is 2. The topological polar surface area (TPSA) is 64.6 Å². The van der Waals surface area contributed by atoms with Crippen molar-refractivity contribution in [2.75, 3.05) is 11.9 Å². The Kier molecular flexibility index (Phi) is 7.57. The van der Waals surface area contributed by atoms with E-state index in [0.717, 1.165) is 6.08 Å². The molecule has 1 N–H and O–H groups in total.